The number of hydrogen-bond acceptors (Lipinski definition) is 4. The Labute approximate surface area is 104 Å². The SMILES string of the molecule is CCCNc1ncccc1CN(CC)CCO. The molecule has 96 valence electrons. The Kier molecular flexibility index (Phi) is 6.58. The molecule has 0 aliphatic heterocycles. The number of nitrogens with zero attached hydrogens (tertiary/aromatic N) is 2. The van der Waals surface area contributed by atoms with Crippen LogP contribution in [0.3, 0.4) is 0 Å². The number of hydrogen-bond donors (Lipinski definition) is 2. The molecule has 0 saturated heterocycles. The minimum absolute atomic E-state index is 0.200. The molecule has 1 rings (SSSR count). The van der Waals surface area contributed by atoms with Crippen LogP contribution in [0.1, 0.15) is 25.8 Å². The Morgan fingerprint density at radius 2 is 2.24 bits per heavy atom. The highest BCUT2D eigenvalue weighted by Crippen LogP contribution is 2.13. The lowest BCUT2D eigenvalue weighted by molar-refractivity contribution is 0.197. The Balaban J connectivity index is 2.67. The molecular weight excluding hydrogens is 214 g/mol. The molecule has 0 radical (unpaired) electrons. The van der Waals surface area contributed by atoms with Crippen LogP contribution in [0, 0.1) is 0 Å². The molecule has 0 fully saturated rings. The van der Waals surface area contributed by atoms with Crippen LogP contribution in [-0.2, 0) is 6.54 Å². The summed E-state index contributed by atoms with van der Waals surface area (Å²) in [5.41, 5.74) is 1.19. The topological polar surface area (TPSA) is 48.4 Å². The molecule has 0 aliphatic carbocycles. The smallest absolute Gasteiger partial charge is 0.130 e. The van der Waals surface area contributed by atoms with Crippen molar-refractivity contribution < 1.29 is 5.11 Å². The number of pyridine rings is 1. The molecule has 4 nitrogen and oxygen atoms in total. The predicted octanol–water partition coefficient (Wildman–Crippen LogP) is 1.72. The second-order valence-electron chi connectivity index (χ2n) is 4.03. The number of rotatable bonds is 8. The maximum atomic E-state index is 8.98. The summed E-state index contributed by atoms with van der Waals surface area (Å²) in [6.07, 6.45) is 2.90. The number of nitrogens with one attached hydrogen (secondary N) is 1. The van der Waals surface area contributed by atoms with Gasteiger partial charge in [-0.3, -0.25) is 4.90 Å². The van der Waals surface area contributed by atoms with Gasteiger partial charge in [0.15, 0.2) is 0 Å². The van der Waals surface area contributed by atoms with Crippen molar-refractivity contribution >= 4 is 5.82 Å². The summed E-state index contributed by atoms with van der Waals surface area (Å²) in [4.78, 5) is 6.57. The zero-order valence-electron chi connectivity index (χ0n) is 10.8. The van der Waals surface area contributed by atoms with E-state index in [1.807, 2.05) is 12.3 Å². The first-order chi connectivity index (χ1) is 8.31. The Bertz CT molecular complexity index is 317. The third-order valence-corrected chi connectivity index (χ3v) is 2.69. The van der Waals surface area contributed by atoms with Crippen molar-refractivity contribution in [2.75, 3.05) is 31.6 Å². The molecule has 17 heavy (non-hydrogen) atoms. The summed E-state index contributed by atoms with van der Waals surface area (Å²) >= 11 is 0. The van der Waals surface area contributed by atoms with E-state index in [0.29, 0.717) is 6.54 Å². The van der Waals surface area contributed by atoms with Crippen LogP contribution in [0.4, 0.5) is 5.82 Å². The van der Waals surface area contributed by atoms with Crippen LogP contribution >= 0.6 is 0 Å². The average molecular weight is 237 g/mol. The molecule has 0 amide bonds. The number of anilines is 1. The van der Waals surface area contributed by atoms with E-state index in [1.165, 1.54) is 5.56 Å². The summed E-state index contributed by atoms with van der Waals surface area (Å²) in [5, 5.41) is 12.3. The number of aliphatic hydroxyl groups is 1. The Morgan fingerprint density at radius 3 is 2.88 bits per heavy atom. The van der Waals surface area contributed by atoms with E-state index in [1.54, 1.807) is 0 Å². The maximum absolute atomic E-state index is 8.98. The number of aromatic nitrogens is 1. The molecule has 0 saturated carbocycles. The summed E-state index contributed by atoms with van der Waals surface area (Å²) < 4.78 is 0. The molecule has 0 bridgehead atoms. The van der Waals surface area contributed by atoms with Gasteiger partial charge in [-0.25, -0.2) is 4.98 Å². The average Bonchev–Trinajstić information content (AvgIpc) is 2.37. The Morgan fingerprint density at radius 1 is 1.41 bits per heavy atom. The summed E-state index contributed by atoms with van der Waals surface area (Å²) in [6, 6.07) is 4.05. The fraction of sp³-hybridized carbons (Fsp3) is 0.615. The van der Waals surface area contributed by atoms with Gasteiger partial charge in [0.2, 0.25) is 0 Å². The van der Waals surface area contributed by atoms with E-state index in [4.69, 9.17) is 5.11 Å². The fourth-order valence-electron chi connectivity index (χ4n) is 1.70. The first-order valence-electron chi connectivity index (χ1n) is 6.32. The monoisotopic (exact) mass is 237 g/mol. The number of aliphatic hydroxyl groups excluding tert-OH is 1. The van der Waals surface area contributed by atoms with Gasteiger partial charge in [0.1, 0.15) is 5.82 Å². The fourth-order valence-corrected chi connectivity index (χ4v) is 1.70. The third kappa shape index (κ3) is 4.71. The lowest BCUT2D eigenvalue weighted by atomic mass is 10.2. The largest absolute Gasteiger partial charge is 0.395 e. The van der Waals surface area contributed by atoms with Gasteiger partial charge in [-0.2, -0.15) is 0 Å². The van der Waals surface area contributed by atoms with Gasteiger partial charge in [-0.15, -0.1) is 0 Å². The first kappa shape index (κ1) is 13.9. The van der Waals surface area contributed by atoms with E-state index < -0.39 is 0 Å². The zero-order valence-corrected chi connectivity index (χ0v) is 10.8. The summed E-state index contributed by atoms with van der Waals surface area (Å²) in [5.74, 6) is 0.964. The van der Waals surface area contributed by atoms with E-state index in [-0.39, 0.29) is 6.61 Å². The second kappa shape index (κ2) is 8.03. The third-order valence-electron chi connectivity index (χ3n) is 2.69. The minimum Gasteiger partial charge on any atom is -0.395 e. The van der Waals surface area contributed by atoms with Gasteiger partial charge >= 0.3 is 0 Å². The highest BCUT2D eigenvalue weighted by atomic mass is 16.3. The molecule has 2 N–H and O–H groups in total. The van der Waals surface area contributed by atoms with Gasteiger partial charge < -0.3 is 10.4 Å². The van der Waals surface area contributed by atoms with Crippen molar-refractivity contribution in [3.63, 3.8) is 0 Å². The van der Waals surface area contributed by atoms with Crippen LogP contribution in [0.25, 0.3) is 0 Å². The molecule has 4 heteroatoms. The highest BCUT2D eigenvalue weighted by molar-refractivity contribution is 5.43. The molecule has 1 heterocycles. The van der Waals surface area contributed by atoms with Gasteiger partial charge in [-0.1, -0.05) is 19.9 Å². The van der Waals surface area contributed by atoms with Crippen molar-refractivity contribution in [1.82, 2.24) is 9.88 Å². The van der Waals surface area contributed by atoms with Crippen LogP contribution in [0.5, 0.6) is 0 Å². The minimum atomic E-state index is 0.200. The number of likely N-dealkylation sites (N-methyl/N-ethyl adjacent to an activating group) is 1. The molecule has 0 aliphatic rings. The van der Waals surface area contributed by atoms with Gasteiger partial charge in [0, 0.05) is 31.4 Å². The zero-order chi connectivity index (χ0) is 12.5. The highest BCUT2D eigenvalue weighted by Gasteiger charge is 2.07. The molecule has 0 atom stereocenters. The lowest BCUT2D eigenvalue weighted by Crippen LogP contribution is -2.26. The van der Waals surface area contributed by atoms with E-state index in [2.05, 4.69) is 35.1 Å². The summed E-state index contributed by atoms with van der Waals surface area (Å²) in [6.45, 7) is 7.85. The van der Waals surface area contributed by atoms with E-state index >= 15 is 0 Å². The van der Waals surface area contributed by atoms with Crippen molar-refractivity contribution in [2.24, 2.45) is 0 Å². The Hall–Kier alpha value is -1.13. The van der Waals surface area contributed by atoms with Crippen molar-refractivity contribution in [3.05, 3.63) is 23.9 Å². The van der Waals surface area contributed by atoms with Gasteiger partial charge in [0.05, 0.1) is 6.61 Å². The van der Waals surface area contributed by atoms with Crippen LogP contribution in [0.2, 0.25) is 0 Å². The standard InChI is InChI=1S/C13H23N3O/c1-3-7-14-13-12(6-5-8-15-13)11-16(4-2)9-10-17/h5-6,8,17H,3-4,7,9-11H2,1-2H3,(H,14,15). The van der Waals surface area contributed by atoms with Crippen LogP contribution in [-0.4, -0.2) is 41.2 Å². The molecule has 0 unspecified atom stereocenters. The predicted molar refractivity (Wildman–Crippen MR) is 71.1 cm³/mol. The quantitative estimate of drug-likeness (QED) is 0.723. The molecule has 0 spiro atoms. The van der Waals surface area contributed by atoms with Crippen LogP contribution < -0.4 is 5.32 Å². The first-order valence-corrected chi connectivity index (χ1v) is 6.32. The van der Waals surface area contributed by atoms with Gasteiger partial charge in [-0.05, 0) is 19.0 Å². The van der Waals surface area contributed by atoms with Crippen molar-refractivity contribution in [1.29, 1.82) is 0 Å². The second-order valence-corrected chi connectivity index (χ2v) is 4.03. The maximum Gasteiger partial charge on any atom is 0.130 e. The lowest BCUT2D eigenvalue weighted by Gasteiger charge is -2.20. The van der Waals surface area contributed by atoms with Gasteiger partial charge in [0.25, 0.3) is 0 Å². The van der Waals surface area contributed by atoms with Crippen molar-refractivity contribution in [2.45, 2.75) is 26.8 Å². The molecule has 1 aromatic rings. The van der Waals surface area contributed by atoms with E-state index in [0.717, 1.165) is 31.9 Å². The van der Waals surface area contributed by atoms with Crippen molar-refractivity contribution in [3.8, 4) is 0 Å². The molecular formula is C13H23N3O. The normalized spacial score (nSPS) is 10.8. The molecule has 0 aromatic carbocycles. The summed E-state index contributed by atoms with van der Waals surface area (Å²) in [7, 11) is 0. The van der Waals surface area contributed by atoms with Crippen LogP contribution in [0.15, 0.2) is 18.3 Å². The molecule has 1 aromatic heterocycles. The van der Waals surface area contributed by atoms with E-state index in [9.17, 15) is 0 Å².